The second-order valence-corrected chi connectivity index (χ2v) is 2.57. The van der Waals surface area contributed by atoms with Crippen LogP contribution in [0, 0.1) is 5.41 Å². The molecule has 0 heterocycles. The lowest BCUT2D eigenvalue weighted by atomic mass is 9.85. The fraction of sp³-hybridized carbons (Fsp3) is 0.750. The van der Waals surface area contributed by atoms with Gasteiger partial charge in [0.2, 0.25) is 0 Å². The Balaban J connectivity index is 3.76. The minimum absolute atomic E-state index is 0.389. The van der Waals surface area contributed by atoms with E-state index in [0.29, 0.717) is 5.41 Å². The number of hydrogen-bond acceptors (Lipinski definition) is 0. The molecule has 0 atom stereocenters. The molecule has 0 bridgehead atoms. The van der Waals surface area contributed by atoms with E-state index in [1.165, 1.54) is 12.8 Å². The number of hydrogen-bond donors (Lipinski definition) is 0. The first-order chi connectivity index (χ1) is 3.68. The molecule has 0 aliphatic rings. The second kappa shape index (κ2) is 2.91. The van der Waals surface area contributed by atoms with Gasteiger partial charge in [0.1, 0.15) is 0 Å². The molecule has 0 saturated heterocycles. The summed E-state index contributed by atoms with van der Waals surface area (Å²) >= 11 is 0. The predicted molar refractivity (Wildman–Crippen MR) is 38.9 cm³/mol. The summed E-state index contributed by atoms with van der Waals surface area (Å²) < 4.78 is 0. The molecule has 0 aromatic rings. The lowest BCUT2D eigenvalue weighted by Gasteiger charge is -2.20. The van der Waals surface area contributed by atoms with Crippen LogP contribution in [0.25, 0.3) is 0 Å². The molecule has 0 rings (SSSR count). The van der Waals surface area contributed by atoms with Crippen molar-refractivity contribution in [3.63, 3.8) is 0 Å². The Bertz CT molecular complexity index is 68.1. The highest BCUT2D eigenvalue weighted by molar-refractivity contribution is 4.88. The average molecular weight is 112 g/mol. The fourth-order valence-electron chi connectivity index (χ4n) is 0.539. The molecule has 8 heavy (non-hydrogen) atoms. The smallest absolute Gasteiger partial charge is 0.0154 e. The third kappa shape index (κ3) is 1.69. The Morgan fingerprint density at radius 2 is 1.75 bits per heavy atom. The van der Waals surface area contributed by atoms with Crippen LogP contribution in [0.2, 0.25) is 0 Å². The first-order valence-corrected chi connectivity index (χ1v) is 3.32. The van der Waals surface area contributed by atoms with Crippen molar-refractivity contribution in [2.24, 2.45) is 5.41 Å². The number of rotatable bonds is 3. The molecule has 0 fully saturated rings. The lowest BCUT2D eigenvalue weighted by molar-refractivity contribution is 0.397. The van der Waals surface area contributed by atoms with Crippen LogP contribution in [0.3, 0.4) is 0 Å². The summed E-state index contributed by atoms with van der Waals surface area (Å²) in [4.78, 5) is 0. The largest absolute Gasteiger partial charge is 0.103 e. The van der Waals surface area contributed by atoms with Crippen LogP contribution in [0.4, 0.5) is 0 Å². The molecule has 0 unspecified atom stereocenters. The maximum atomic E-state index is 3.77. The summed E-state index contributed by atoms with van der Waals surface area (Å²) in [5, 5.41) is 0. The lowest BCUT2D eigenvalue weighted by Crippen LogP contribution is -2.08. The van der Waals surface area contributed by atoms with Crippen molar-refractivity contribution in [1.29, 1.82) is 0 Å². The van der Waals surface area contributed by atoms with Gasteiger partial charge < -0.3 is 0 Å². The molecule has 0 saturated carbocycles. The first kappa shape index (κ1) is 7.74. The van der Waals surface area contributed by atoms with Crippen molar-refractivity contribution < 1.29 is 0 Å². The maximum Gasteiger partial charge on any atom is -0.0154 e. The quantitative estimate of drug-likeness (QED) is 0.492. The molecule has 0 aromatic carbocycles. The van der Waals surface area contributed by atoms with Gasteiger partial charge in [-0.2, -0.15) is 0 Å². The molecule has 0 N–H and O–H groups in total. The van der Waals surface area contributed by atoms with Crippen molar-refractivity contribution in [3.05, 3.63) is 12.7 Å². The van der Waals surface area contributed by atoms with Gasteiger partial charge in [0.25, 0.3) is 0 Å². The average Bonchev–Trinajstić information content (AvgIpc) is 1.87. The highest BCUT2D eigenvalue weighted by Gasteiger charge is 2.12. The summed E-state index contributed by atoms with van der Waals surface area (Å²) in [6.07, 6.45) is 4.45. The molecule has 0 aliphatic carbocycles. The predicted octanol–water partition coefficient (Wildman–Crippen LogP) is 3.00. The van der Waals surface area contributed by atoms with Crippen molar-refractivity contribution in [3.8, 4) is 0 Å². The van der Waals surface area contributed by atoms with E-state index in [2.05, 4.69) is 27.4 Å². The summed E-state index contributed by atoms with van der Waals surface area (Å²) in [6.45, 7) is 10.4. The molecule has 0 aromatic heterocycles. The Hall–Kier alpha value is -0.260. The second-order valence-electron chi connectivity index (χ2n) is 2.57. The van der Waals surface area contributed by atoms with E-state index in [1.807, 2.05) is 6.08 Å². The van der Waals surface area contributed by atoms with Crippen LogP contribution in [0.15, 0.2) is 12.7 Å². The third-order valence-electron chi connectivity index (χ3n) is 2.11. The van der Waals surface area contributed by atoms with Crippen LogP contribution in [0.5, 0.6) is 0 Å². The third-order valence-corrected chi connectivity index (χ3v) is 2.11. The summed E-state index contributed by atoms with van der Waals surface area (Å²) in [5.41, 5.74) is 0.389. The zero-order chi connectivity index (χ0) is 6.62. The van der Waals surface area contributed by atoms with Gasteiger partial charge in [-0.15, -0.1) is 6.58 Å². The van der Waals surface area contributed by atoms with Crippen molar-refractivity contribution in [2.45, 2.75) is 33.6 Å². The standard InChI is InChI=1S/C8H16/c1-5-8(4,6-2)7-3/h5H,1,6-7H2,2-4H3. The van der Waals surface area contributed by atoms with Crippen LogP contribution in [-0.4, -0.2) is 0 Å². The van der Waals surface area contributed by atoms with Gasteiger partial charge in [-0.1, -0.05) is 26.8 Å². The van der Waals surface area contributed by atoms with Gasteiger partial charge in [0.15, 0.2) is 0 Å². The molecule has 0 amide bonds. The molecule has 0 spiro atoms. The van der Waals surface area contributed by atoms with Crippen LogP contribution in [0.1, 0.15) is 33.6 Å². The van der Waals surface area contributed by atoms with Gasteiger partial charge in [0, 0.05) is 0 Å². The zero-order valence-electron chi connectivity index (χ0n) is 6.20. The molecule has 0 aliphatic heterocycles. The topological polar surface area (TPSA) is 0 Å². The Morgan fingerprint density at radius 3 is 1.75 bits per heavy atom. The molecule has 0 heteroatoms. The highest BCUT2D eigenvalue weighted by atomic mass is 14.2. The Morgan fingerprint density at radius 1 is 1.38 bits per heavy atom. The molecule has 48 valence electrons. The highest BCUT2D eigenvalue weighted by Crippen LogP contribution is 2.25. The SMILES string of the molecule is C=CC(C)(CC)CC. The van der Waals surface area contributed by atoms with Gasteiger partial charge in [-0.3, -0.25) is 0 Å². The van der Waals surface area contributed by atoms with Gasteiger partial charge in [-0.25, -0.2) is 0 Å². The van der Waals surface area contributed by atoms with E-state index in [-0.39, 0.29) is 0 Å². The minimum atomic E-state index is 0.389. The van der Waals surface area contributed by atoms with Crippen molar-refractivity contribution in [1.82, 2.24) is 0 Å². The van der Waals surface area contributed by atoms with Gasteiger partial charge in [-0.05, 0) is 18.3 Å². The maximum absolute atomic E-state index is 3.77. The normalized spacial score (nSPS) is 11.4. The van der Waals surface area contributed by atoms with Crippen molar-refractivity contribution in [2.75, 3.05) is 0 Å². The first-order valence-electron chi connectivity index (χ1n) is 3.32. The van der Waals surface area contributed by atoms with Crippen LogP contribution in [-0.2, 0) is 0 Å². The fourth-order valence-corrected chi connectivity index (χ4v) is 0.539. The van der Waals surface area contributed by atoms with Gasteiger partial charge in [0.05, 0.1) is 0 Å². The van der Waals surface area contributed by atoms with E-state index in [0.717, 1.165) is 0 Å². The van der Waals surface area contributed by atoms with E-state index in [9.17, 15) is 0 Å². The minimum Gasteiger partial charge on any atom is -0.103 e. The molecular formula is C8H16. The zero-order valence-corrected chi connectivity index (χ0v) is 6.20. The number of allylic oxidation sites excluding steroid dienone is 1. The van der Waals surface area contributed by atoms with Crippen molar-refractivity contribution >= 4 is 0 Å². The van der Waals surface area contributed by atoms with Crippen LogP contribution >= 0.6 is 0 Å². The van der Waals surface area contributed by atoms with E-state index in [1.54, 1.807) is 0 Å². The molecular weight excluding hydrogens is 96.1 g/mol. The molecule has 0 nitrogen and oxygen atoms in total. The van der Waals surface area contributed by atoms with Gasteiger partial charge >= 0.3 is 0 Å². The van der Waals surface area contributed by atoms with E-state index < -0.39 is 0 Å². The molecule has 0 radical (unpaired) electrons. The summed E-state index contributed by atoms with van der Waals surface area (Å²) in [7, 11) is 0. The van der Waals surface area contributed by atoms with E-state index in [4.69, 9.17) is 0 Å². The van der Waals surface area contributed by atoms with Crippen LogP contribution < -0.4 is 0 Å². The summed E-state index contributed by atoms with van der Waals surface area (Å²) in [6, 6.07) is 0. The monoisotopic (exact) mass is 112 g/mol. The summed E-state index contributed by atoms with van der Waals surface area (Å²) in [5.74, 6) is 0. The van der Waals surface area contributed by atoms with E-state index >= 15 is 0 Å². The Kier molecular flexibility index (Phi) is 2.81. The Labute approximate surface area is 52.6 Å².